The van der Waals surface area contributed by atoms with Crippen LogP contribution in [0.1, 0.15) is 99.7 Å². The van der Waals surface area contributed by atoms with E-state index in [1.165, 1.54) is 40.4 Å². The number of esters is 5. The van der Waals surface area contributed by atoms with Crippen molar-refractivity contribution in [1.82, 2.24) is 0 Å². The Morgan fingerprint density at radius 1 is 0.963 bits per heavy atom. The van der Waals surface area contributed by atoms with Gasteiger partial charge in [0.15, 0.2) is 17.3 Å². The van der Waals surface area contributed by atoms with Crippen molar-refractivity contribution < 1.29 is 71.4 Å². The first-order valence-corrected chi connectivity index (χ1v) is 18.5. The molecule has 1 aromatic heterocycles. The molecule has 4 aliphatic carbocycles. The Morgan fingerprint density at radius 3 is 2.22 bits per heavy atom. The number of ether oxygens (including phenoxy) is 8. The minimum Gasteiger partial charge on any atom is -0.472 e. The molecule has 15 nitrogen and oxygen atoms in total. The predicted octanol–water partition coefficient (Wildman–Crippen LogP) is 3.95. The van der Waals surface area contributed by atoms with Crippen LogP contribution in [-0.4, -0.2) is 82.6 Å². The number of fused-ring (bicyclic) bond motifs is 3. The second-order valence-corrected chi connectivity index (χ2v) is 17.4. The summed E-state index contributed by atoms with van der Waals surface area (Å²) in [6.45, 7) is 14.4. The van der Waals surface area contributed by atoms with E-state index in [-0.39, 0.29) is 37.0 Å². The fraction of sp³-hybridized carbons (Fsp3) is 0.718. The van der Waals surface area contributed by atoms with Crippen molar-refractivity contribution in [3.63, 3.8) is 0 Å². The highest BCUT2D eigenvalue weighted by Gasteiger charge is 3.04. The second kappa shape index (κ2) is 10.9. The molecule has 3 aliphatic heterocycles. The Hall–Kier alpha value is -3.79. The Morgan fingerprint density at radius 2 is 1.65 bits per heavy atom. The van der Waals surface area contributed by atoms with Gasteiger partial charge < -0.3 is 47.4 Å². The lowest BCUT2D eigenvalue weighted by Crippen LogP contribution is -2.94. The molecule has 7 fully saturated rings. The van der Waals surface area contributed by atoms with Crippen molar-refractivity contribution in [3.05, 3.63) is 35.5 Å². The zero-order valence-electron chi connectivity index (χ0n) is 32.2. The summed E-state index contributed by atoms with van der Waals surface area (Å²) in [6, 6.07) is 1.66. The van der Waals surface area contributed by atoms with Crippen LogP contribution >= 0.6 is 0 Å². The van der Waals surface area contributed by atoms with Crippen LogP contribution in [0.25, 0.3) is 0 Å². The summed E-state index contributed by atoms with van der Waals surface area (Å²) in [5, 5.41) is 13.8. The van der Waals surface area contributed by atoms with Crippen LogP contribution in [0.4, 0.5) is 0 Å². The smallest absolute Gasteiger partial charge is 0.338 e. The maximum Gasteiger partial charge on any atom is 0.338 e. The number of hydrogen-bond donors (Lipinski definition) is 1. The van der Waals surface area contributed by atoms with E-state index in [2.05, 4.69) is 0 Å². The van der Waals surface area contributed by atoms with Crippen molar-refractivity contribution in [3.8, 4) is 0 Å². The Labute approximate surface area is 312 Å². The Kier molecular flexibility index (Phi) is 7.53. The van der Waals surface area contributed by atoms with Crippen molar-refractivity contribution in [1.29, 1.82) is 0 Å². The fourth-order valence-electron chi connectivity index (χ4n) is 13.2. The molecule has 0 aromatic carbocycles. The lowest BCUT2D eigenvalue weighted by Gasteiger charge is -2.77. The second-order valence-electron chi connectivity index (χ2n) is 17.4. The van der Waals surface area contributed by atoms with E-state index in [9.17, 15) is 24.3 Å². The van der Waals surface area contributed by atoms with E-state index in [4.69, 9.17) is 42.3 Å². The van der Waals surface area contributed by atoms with Crippen LogP contribution in [0.5, 0.6) is 0 Å². The molecule has 13 atom stereocenters. The maximum absolute atomic E-state index is 15.0. The van der Waals surface area contributed by atoms with E-state index in [1.807, 2.05) is 20.8 Å². The summed E-state index contributed by atoms with van der Waals surface area (Å²) in [5.41, 5.74) is -10.7. The molecule has 8 rings (SSSR count). The molecule has 0 amide bonds. The molecule has 3 saturated heterocycles. The van der Waals surface area contributed by atoms with Crippen LogP contribution in [0, 0.1) is 34.0 Å². The number of methoxy groups -OCH3 is 1. The van der Waals surface area contributed by atoms with Crippen molar-refractivity contribution in [2.45, 2.75) is 135 Å². The SMILES string of the molecule is COC(=O)CC1C2(C)CC34OC5(C)OC67C(C(=C(OC(C)=O)C(C)C)C(=O)OC6C3(O)C2OC(C)=O)C(C)(C(OC(C)=O)c2ccoc2)CCC7(O5)C14C. The van der Waals surface area contributed by atoms with Gasteiger partial charge in [-0.1, -0.05) is 34.6 Å². The first-order valence-electron chi connectivity index (χ1n) is 18.5. The molecule has 294 valence electrons. The molecule has 15 heteroatoms. The minimum absolute atomic E-state index is 0.0000157. The summed E-state index contributed by atoms with van der Waals surface area (Å²) >= 11 is 0. The van der Waals surface area contributed by atoms with Crippen LogP contribution in [0.15, 0.2) is 34.3 Å². The van der Waals surface area contributed by atoms with Gasteiger partial charge in [-0.05, 0) is 31.2 Å². The first-order chi connectivity index (χ1) is 25.1. The number of allylic oxidation sites excluding steroid dienone is 1. The number of carbonyl (C=O) groups is 5. The third kappa shape index (κ3) is 3.89. The van der Waals surface area contributed by atoms with Gasteiger partial charge in [-0.15, -0.1) is 0 Å². The molecular weight excluding hydrogens is 708 g/mol. The molecule has 0 radical (unpaired) electrons. The molecular formula is C39H48O15. The van der Waals surface area contributed by atoms with Gasteiger partial charge in [-0.3, -0.25) is 19.2 Å². The van der Waals surface area contributed by atoms with Crippen molar-refractivity contribution >= 4 is 29.8 Å². The van der Waals surface area contributed by atoms with Gasteiger partial charge in [0.1, 0.15) is 29.2 Å². The number of furan rings is 1. The normalized spacial score (nSPS) is 47.4. The van der Waals surface area contributed by atoms with Crippen molar-refractivity contribution in [2.75, 3.05) is 7.11 Å². The molecule has 13 unspecified atom stereocenters. The van der Waals surface area contributed by atoms with Crippen LogP contribution in [0.3, 0.4) is 0 Å². The zero-order valence-corrected chi connectivity index (χ0v) is 32.2. The molecule has 4 saturated carbocycles. The largest absolute Gasteiger partial charge is 0.472 e. The number of aliphatic hydroxyl groups is 1. The third-order valence-electron chi connectivity index (χ3n) is 14.4. The third-order valence-corrected chi connectivity index (χ3v) is 14.4. The van der Waals surface area contributed by atoms with Crippen molar-refractivity contribution in [2.24, 2.45) is 34.0 Å². The van der Waals surface area contributed by atoms with E-state index >= 15 is 4.79 Å². The van der Waals surface area contributed by atoms with Gasteiger partial charge in [0, 0.05) is 67.8 Å². The Bertz CT molecular complexity index is 1900. The van der Waals surface area contributed by atoms with Gasteiger partial charge in [0.05, 0.1) is 25.2 Å². The standard InChI is InChI=1S/C39H48O15/c1-18(2)26(48-19(3)40)25-27-32(6,28(49-20(4)41)22-11-14-47-16-22)12-13-36-34(8)23(15-24(43)46-10)33(7)17-37(34)38(45,30(33)50-21(5)42)31(51-29(25)44)39(27,36)54-35(9,52-36)53-37/h11,14,16,18,23,27-28,30-31,45H,12-13,15,17H2,1-10H3. The first kappa shape index (κ1) is 37.1. The molecule has 1 aromatic rings. The van der Waals surface area contributed by atoms with E-state index in [0.717, 1.165) is 0 Å². The zero-order chi connectivity index (χ0) is 39.4. The molecule has 54 heavy (non-hydrogen) atoms. The monoisotopic (exact) mass is 756 g/mol. The number of hydrogen-bond acceptors (Lipinski definition) is 15. The lowest BCUT2D eigenvalue weighted by atomic mass is 9.33. The average Bonchev–Trinajstić information content (AvgIpc) is 3.76. The summed E-state index contributed by atoms with van der Waals surface area (Å²) in [6.07, 6.45) is -0.876. The summed E-state index contributed by atoms with van der Waals surface area (Å²) in [5.74, 6) is -7.85. The van der Waals surface area contributed by atoms with Crippen LogP contribution < -0.4 is 0 Å². The molecule has 3 spiro atoms. The van der Waals surface area contributed by atoms with Gasteiger partial charge in [-0.2, -0.15) is 0 Å². The highest BCUT2D eigenvalue weighted by atomic mass is 16.9. The molecule has 1 N–H and O–H groups in total. The summed E-state index contributed by atoms with van der Waals surface area (Å²) < 4.78 is 56.8. The summed E-state index contributed by atoms with van der Waals surface area (Å²) in [4.78, 5) is 67.3. The predicted molar refractivity (Wildman–Crippen MR) is 179 cm³/mol. The van der Waals surface area contributed by atoms with E-state index in [0.29, 0.717) is 5.56 Å². The number of rotatable bonds is 8. The quantitative estimate of drug-likeness (QED) is 0.173. The van der Waals surface area contributed by atoms with Gasteiger partial charge in [-0.25, -0.2) is 4.79 Å². The lowest BCUT2D eigenvalue weighted by molar-refractivity contribution is -0.478. The topological polar surface area (TPSA) is 193 Å². The fourth-order valence-corrected chi connectivity index (χ4v) is 13.2. The number of carbonyl (C=O) groups excluding carboxylic acids is 5. The van der Waals surface area contributed by atoms with E-state index < -0.39 is 111 Å². The molecule has 4 heterocycles. The van der Waals surface area contributed by atoms with Gasteiger partial charge in [0.2, 0.25) is 0 Å². The van der Waals surface area contributed by atoms with Crippen LogP contribution in [-0.2, 0) is 61.9 Å². The van der Waals surface area contributed by atoms with E-state index in [1.54, 1.807) is 26.8 Å². The highest BCUT2D eigenvalue weighted by Crippen LogP contribution is 2.90. The average molecular weight is 757 g/mol. The Balaban J connectivity index is 1.52. The highest BCUT2D eigenvalue weighted by molar-refractivity contribution is 5.93. The molecule has 7 aliphatic rings. The maximum atomic E-state index is 15.0. The van der Waals surface area contributed by atoms with Gasteiger partial charge in [0.25, 0.3) is 5.97 Å². The minimum atomic E-state index is -2.29. The van der Waals surface area contributed by atoms with Gasteiger partial charge >= 0.3 is 29.8 Å². The van der Waals surface area contributed by atoms with Crippen LogP contribution in [0.2, 0.25) is 0 Å². The molecule has 4 bridgehead atoms. The summed E-state index contributed by atoms with van der Waals surface area (Å²) in [7, 11) is 1.29.